The van der Waals surface area contributed by atoms with Gasteiger partial charge in [0, 0.05) is 15.0 Å². The Morgan fingerprint density at radius 2 is 2.17 bits per heavy atom. The summed E-state index contributed by atoms with van der Waals surface area (Å²) in [6.07, 6.45) is 4.51. The second kappa shape index (κ2) is 5.52. The molecule has 0 aromatic heterocycles. The Kier molecular flexibility index (Phi) is 4.40. The van der Waals surface area contributed by atoms with Gasteiger partial charge in [-0.2, -0.15) is 0 Å². The summed E-state index contributed by atoms with van der Waals surface area (Å²) in [4.78, 5) is 0. The number of hydrogen-bond acceptors (Lipinski definition) is 1. The minimum absolute atomic E-state index is 0.102. The molecule has 2 N–H and O–H groups in total. The van der Waals surface area contributed by atoms with Crippen LogP contribution in [0.15, 0.2) is 22.7 Å². The summed E-state index contributed by atoms with van der Waals surface area (Å²) < 4.78 is 1.02. The monoisotopic (exact) mass is 329 g/mol. The van der Waals surface area contributed by atoms with Gasteiger partial charge in [-0.3, -0.25) is 0 Å². The third-order valence-corrected chi connectivity index (χ3v) is 5.44. The summed E-state index contributed by atoms with van der Waals surface area (Å²) in [5, 5.41) is 0.819. The van der Waals surface area contributed by atoms with Crippen molar-refractivity contribution in [2.24, 2.45) is 17.6 Å². The number of nitrogens with two attached hydrogens (primary N) is 1. The summed E-state index contributed by atoms with van der Waals surface area (Å²) in [6, 6.07) is 6.09. The lowest BCUT2D eigenvalue weighted by Gasteiger charge is -2.43. The van der Waals surface area contributed by atoms with Crippen LogP contribution in [0, 0.1) is 11.8 Å². The summed E-state index contributed by atoms with van der Waals surface area (Å²) in [5.41, 5.74) is 7.73. The minimum Gasteiger partial charge on any atom is -0.325 e. The first-order valence-corrected chi connectivity index (χ1v) is 7.82. The molecule has 0 bridgehead atoms. The van der Waals surface area contributed by atoms with Gasteiger partial charge in [0.05, 0.1) is 0 Å². The molecule has 0 spiro atoms. The second-order valence-corrected chi connectivity index (χ2v) is 7.13. The molecule has 1 aromatic carbocycles. The van der Waals surface area contributed by atoms with Crippen LogP contribution in [-0.2, 0) is 6.42 Å². The molecule has 0 saturated heterocycles. The highest BCUT2D eigenvalue weighted by molar-refractivity contribution is 9.10. The predicted molar refractivity (Wildman–Crippen MR) is 82.0 cm³/mol. The zero-order valence-electron chi connectivity index (χ0n) is 11.0. The molecule has 1 fully saturated rings. The Morgan fingerprint density at radius 1 is 1.44 bits per heavy atom. The third-order valence-electron chi connectivity index (χ3n) is 4.60. The number of benzene rings is 1. The van der Waals surface area contributed by atoms with Crippen LogP contribution < -0.4 is 5.73 Å². The van der Waals surface area contributed by atoms with Gasteiger partial charge in [0.2, 0.25) is 0 Å². The summed E-state index contributed by atoms with van der Waals surface area (Å²) in [5.74, 6) is 1.25. The quantitative estimate of drug-likeness (QED) is 0.828. The van der Waals surface area contributed by atoms with E-state index in [9.17, 15) is 0 Å². The topological polar surface area (TPSA) is 26.0 Å². The lowest BCUT2D eigenvalue weighted by molar-refractivity contribution is 0.143. The van der Waals surface area contributed by atoms with Crippen molar-refractivity contribution in [2.75, 3.05) is 0 Å². The molecule has 0 aliphatic heterocycles. The van der Waals surface area contributed by atoms with Crippen molar-refractivity contribution in [2.45, 2.75) is 45.1 Å². The maximum Gasteiger partial charge on any atom is 0.0449 e. The van der Waals surface area contributed by atoms with Crippen LogP contribution in [0.1, 0.15) is 38.7 Å². The van der Waals surface area contributed by atoms with Gasteiger partial charge in [0.25, 0.3) is 0 Å². The first kappa shape index (κ1) is 14.4. The van der Waals surface area contributed by atoms with Gasteiger partial charge in [-0.1, -0.05) is 60.3 Å². The van der Waals surface area contributed by atoms with E-state index in [1.165, 1.54) is 18.4 Å². The lowest BCUT2D eigenvalue weighted by atomic mass is 9.66. The van der Waals surface area contributed by atoms with Crippen molar-refractivity contribution in [1.82, 2.24) is 0 Å². The Balaban J connectivity index is 2.21. The molecule has 0 radical (unpaired) electrons. The van der Waals surface area contributed by atoms with E-state index in [1.54, 1.807) is 0 Å². The van der Waals surface area contributed by atoms with Crippen LogP contribution in [0.25, 0.3) is 0 Å². The first-order chi connectivity index (χ1) is 8.42. The molecule has 100 valence electrons. The molecule has 3 unspecified atom stereocenters. The van der Waals surface area contributed by atoms with Gasteiger partial charge in [-0.15, -0.1) is 0 Å². The van der Waals surface area contributed by atoms with E-state index in [2.05, 4.69) is 35.8 Å². The predicted octanol–water partition coefficient (Wildman–Crippen LogP) is 4.80. The van der Waals surface area contributed by atoms with Gasteiger partial charge < -0.3 is 5.73 Å². The molecule has 1 aliphatic carbocycles. The van der Waals surface area contributed by atoms with Gasteiger partial charge in [0.15, 0.2) is 0 Å². The van der Waals surface area contributed by atoms with E-state index in [1.807, 2.05) is 12.1 Å². The Labute approximate surface area is 123 Å². The second-order valence-electron chi connectivity index (χ2n) is 5.80. The Hall–Kier alpha value is -0.0500. The van der Waals surface area contributed by atoms with E-state index >= 15 is 0 Å². The highest BCUT2D eigenvalue weighted by Gasteiger charge is 2.38. The normalized spacial score (nSPS) is 32.5. The van der Waals surface area contributed by atoms with Crippen LogP contribution >= 0.6 is 27.5 Å². The van der Waals surface area contributed by atoms with E-state index in [4.69, 9.17) is 17.3 Å². The molecular weight excluding hydrogens is 310 g/mol. The maximum atomic E-state index is 6.66. The lowest BCUT2D eigenvalue weighted by Crippen LogP contribution is -2.52. The number of rotatable bonds is 2. The molecule has 1 nitrogen and oxygen atoms in total. The van der Waals surface area contributed by atoms with Crippen LogP contribution in [0.5, 0.6) is 0 Å². The summed E-state index contributed by atoms with van der Waals surface area (Å²) in [7, 11) is 0. The number of halogens is 2. The highest BCUT2D eigenvalue weighted by Crippen LogP contribution is 2.39. The Bertz CT molecular complexity index is 435. The summed E-state index contributed by atoms with van der Waals surface area (Å²) >= 11 is 9.75. The van der Waals surface area contributed by atoms with Gasteiger partial charge in [-0.05, 0) is 42.4 Å². The molecule has 1 aromatic rings. The largest absolute Gasteiger partial charge is 0.325 e. The zero-order valence-corrected chi connectivity index (χ0v) is 13.4. The van der Waals surface area contributed by atoms with E-state index < -0.39 is 0 Å². The molecular formula is C15H21BrClN. The van der Waals surface area contributed by atoms with Crippen molar-refractivity contribution in [1.29, 1.82) is 0 Å². The van der Waals surface area contributed by atoms with Crippen molar-refractivity contribution >= 4 is 27.5 Å². The molecule has 2 rings (SSSR count). The fraction of sp³-hybridized carbons (Fsp3) is 0.600. The SMILES string of the molecule is CC1CCCC(N)(Cc2ccc(Br)cc2Cl)C1C. The van der Waals surface area contributed by atoms with E-state index in [0.717, 1.165) is 22.3 Å². The van der Waals surface area contributed by atoms with Crippen LogP contribution in [0.4, 0.5) is 0 Å². The molecule has 1 saturated carbocycles. The van der Waals surface area contributed by atoms with Crippen LogP contribution in [0.2, 0.25) is 5.02 Å². The van der Waals surface area contributed by atoms with E-state index in [0.29, 0.717) is 11.8 Å². The van der Waals surface area contributed by atoms with Crippen molar-refractivity contribution in [3.63, 3.8) is 0 Å². The molecule has 0 amide bonds. The maximum absolute atomic E-state index is 6.66. The smallest absolute Gasteiger partial charge is 0.0449 e. The fourth-order valence-electron chi connectivity index (χ4n) is 3.07. The van der Waals surface area contributed by atoms with Crippen molar-refractivity contribution < 1.29 is 0 Å². The molecule has 0 heterocycles. The van der Waals surface area contributed by atoms with E-state index in [-0.39, 0.29) is 5.54 Å². The average Bonchev–Trinajstić information content (AvgIpc) is 2.30. The third kappa shape index (κ3) is 2.92. The van der Waals surface area contributed by atoms with Crippen molar-refractivity contribution in [3.8, 4) is 0 Å². The molecule has 18 heavy (non-hydrogen) atoms. The zero-order chi connectivity index (χ0) is 13.3. The van der Waals surface area contributed by atoms with Gasteiger partial charge in [-0.25, -0.2) is 0 Å². The standard InChI is InChI=1S/C15H21BrClN/c1-10-4-3-7-15(18,11(10)2)9-12-5-6-13(16)8-14(12)17/h5-6,8,10-11H,3-4,7,9,18H2,1-2H3. The fourth-order valence-corrected chi connectivity index (χ4v) is 3.81. The van der Waals surface area contributed by atoms with Gasteiger partial charge >= 0.3 is 0 Å². The Morgan fingerprint density at radius 3 is 2.83 bits per heavy atom. The molecule has 3 atom stereocenters. The molecule has 1 aliphatic rings. The van der Waals surface area contributed by atoms with Crippen molar-refractivity contribution in [3.05, 3.63) is 33.3 Å². The van der Waals surface area contributed by atoms with Gasteiger partial charge in [0.1, 0.15) is 0 Å². The first-order valence-electron chi connectivity index (χ1n) is 6.65. The van der Waals surface area contributed by atoms with Crippen LogP contribution in [0.3, 0.4) is 0 Å². The highest BCUT2D eigenvalue weighted by atomic mass is 79.9. The minimum atomic E-state index is -0.102. The summed E-state index contributed by atoms with van der Waals surface area (Å²) in [6.45, 7) is 4.60. The average molecular weight is 331 g/mol. The van der Waals surface area contributed by atoms with Crippen LogP contribution in [-0.4, -0.2) is 5.54 Å². The molecule has 3 heteroatoms. The number of hydrogen-bond donors (Lipinski definition) is 1.